The van der Waals surface area contributed by atoms with Gasteiger partial charge < -0.3 is 14.4 Å². The van der Waals surface area contributed by atoms with Crippen LogP contribution in [0.15, 0.2) is 176 Å². The highest BCUT2D eigenvalue weighted by Crippen LogP contribution is 2.60. The number of hydrogen-bond acceptors (Lipinski definition) is 3. The summed E-state index contributed by atoms with van der Waals surface area (Å²) in [6, 6.07) is 53.4. The van der Waals surface area contributed by atoms with Gasteiger partial charge in [-0.25, -0.2) is 0 Å². The molecule has 3 heteroatoms. The molecule has 0 saturated carbocycles. The van der Waals surface area contributed by atoms with E-state index in [2.05, 4.69) is 164 Å². The number of rotatable bonds is 7. The number of fused-ring (bicyclic) bond motifs is 6. The van der Waals surface area contributed by atoms with Crippen LogP contribution in [0.2, 0.25) is 0 Å². The molecule has 1 aliphatic heterocycles. The molecule has 0 fully saturated rings. The highest BCUT2D eigenvalue weighted by Gasteiger charge is 2.44. The third-order valence-electron chi connectivity index (χ3n) is 10.5. The first-order valence-electron chi connectivity index (χ1n) is 17.6. The number of allylic oxidation sites excluding steroid dienone is 3. The number of anilines is 3. The molecule has 2 aliphatic rings. The molecule has 3 nitrogen and oxygen atoms in total. The quantitative estimate of drug-likeness (QED) is 0.159. The Hall–Kier alpha value is -6.32. The van der Waals surface area contributed by atoms with Crippen molar-refractivity contribution >= 4 is 27.8 Å². The van der Waals surface area contributed by atoms with Crippen LogP contribution in [0, 0.1) is 0 Å². The maximum Gasteiger partial charge on any atom is 0.194 e. The van der Waals surface area contributed by atoms with Crippen molar-refractivity contribution in [2.75, 3.05) is 4.90 Å². The second-order valence-electron chi connectivity index (χ2n) is 13.3. The zero-order chi connectivity index (χ0) is 34.5. The van der Waals surface area contributed by atoms with Crippen molar-refractivity contribution in [1.82, 2.24) is 0 Å². The fourth-order valence-electron chi connectivity index (χ4n) is 8.10. The molecule has 0 N–H and O–H groups in total. The van der Waals surface area contributed by atoms with E-state index in [1.807, 2.05) is 25.1 Å². The molecule has 1 aliphatic carbocycles. The van der Waals surface area contributed by atoms with Gasteiger partial charge >= 0.3 is 0 Å². The van der Waals surface area contributed by atoms with E-state index in [1.165, 1.54) is 33.0 Å². The lowest BCUT2D eigenvalue weighted by Gasteiger charge is -2.33. The molecule has 9 rings (SSSR count). The molecule has 1 atom stereocenters. The van der Waals surface area contributed by atoms with Crippen LogP contribution < -0.4 is 14.4 Å². The summed E-state index contributed by atoms with van der Waals surface area (Å²) in [5.41, 5.74) is 10.9. The summed E-state index contributed by atoms with van der Waals surface area (Å²) in [4.78, 5) is 2.24. The van der Waals surface area contributed by atoms with E-state index >= 15 is 0 Å². The van der Waals surface area contributed by atoms with Gasteiger partial charge in [0.25, 0.3) is 0 Å². The lowest BCUT2D eigenvalue weighted by molar-refractivity contribution is 0.360. The fraction of sp³-hybridized carbons (Fsp3) is 0.0833. The Balaban J connectivity index is 1.14. The van der Waals surface area contributed by atoms with E-state index in [9.17, 15) is 0 Å². The molecule has 7 aromatic carbocycles. The third kappa shape index (κ3) is 4.88. The van der Waals surface area contributed by atoms with Gasteiger partial charge in [0.1, 0.15) is 0 Å². The molecule has 51 heavy (non-hydrogen) atoms. The largest absolute Gasteiger partial charge is 0.449 e. The lowest BCUT2D eigenvalue weighted by Crippen LogP contribution is -2.26. The Morgan fingerprint density at radius 1 is 0.608 bits per heavy atom. The summed E-state index contributed by atoms with van der Waals surface area (Å²) in [7, 11) is 0. The van der Waals surface area contributed by atoms with Crippen LogP contribution in [-0.4, -0.2) is 0 Å². The second kappa shape index (κ2) is 12.2. The molecular weight excluding hydrogens is 623 g/mol. The van der Waals surface area contributed by atoms with Gasteiger partial charge in [0.2, 0.25) is 0 Å². The van der Waals surface area contributed by atoms with Crippen LogP contribution in [0.1, 0.15) is 31.4 Å². The molecule has 0 spiro atoms. The molecule has 0 bridgehead atoms. The first-order chi connectivity index (χ1) is 25.1. The standard InChI is InChI=1S/C48H37NO2/c1-4-14-32(3)48(5-2)41-20-12-11-19-39(41)40-30-45-46(31-42(40)48)50-44-22-13-21-43(47(44)51-45)49(37-17-7-6-8-18-37)38-27-25-34(26-28-38)36-24-23-33-15-9-10-16-35(33)29-36/h4,6-31H,3,5H2,1-2H3/b14-4-. The number of hydrogen-bond donors (Lipinski definition) is 0. The van der Waals surface area contributed by atoms with Gasteiger partial charge in [-0.3, -0.25) is 0 Å². The van der Waals surface area contributed by atoms with Gasteiger partial charge in [-0.15, -0.1) is 0 Å². The average Bonchev–Trinajstić information content (AvgIpc) is 3.46. The van der Waals surface area contributed by atoms with E-state index in [0.29, 0.717) is 23.0 Å². The van der Waals surface area contributed by atoms with Gasteiger partial charge in [-0.2, -0.15) is 0 Å². The van der Waals surface area contributed by atoms with Crippen molar-refractivity contribution in [2.45, 2.75) is 25.7 Å². The van der Waals surface area contributed by atoms with Gasteiger partial charge in [-0.1, -0.05) is 123 Å². The molecule has 1 heterocycles. The van der Waals surface area contributed by atoms with E-state index < -0.39 is 0 Å². The van der Waals surface area contributed by atoms with E-state index in [0.717, 1.165) is 40.2 Å². The molecule has 0 saturated heterocycles. The highest BCUT2D eigenvalue weighted by molar-refractivity contribution is 5.90. The van der Waals surface area contributed by atoms with Crippen molar-refractivity contribution in [1.29, 1.82) is 0 Å². The first kappa shape index (κ1) is 30.7. The van der Waals surface area contributed by atoms with E-state index in [4.69, 9.17) is 9.47 Å². The normalized spacial score (nSPS) is 15.3. The Bertz CT molecular complexity index is 2500. The van der Waals surface area contributed by atoms with Crippen LogP contribution in [0.5, 0.6) is 23.0 Å². The van der Waals surface area contributed by atoms with Gasteiger partial charge in [-0.05, 0) is 118 Å². The van der Waals surface area contributed by atoms with Gasteiger partial charge in [0, 0.05) is 16.8 Å². The minimum absolute atomic E-state index is 0.345. The summed E-state index contributed by atoms with van der Waals surface area (Å²) < 4.78 is 13.7. The summed E-state index contributed by atoms with van der Waals surface area (Å²) in [6.45, 7) is 8.86. The van der Waals surface area contributed by atoms with Crippen LogP contribution in [0.25, 0.3) is 33.0 Å². The monoisotopic (exact) mass is 659 g/mol. The number of para-hydroxylation sites is 2. The Morgan fingerprint density at radius 2 is 1.31 bits per heavy atom. The minimum Gasteiger partial charge on any atom is -0.449 e. The van der Waals surface area contributed by atoms with Crippen LogP contribution in [0.3, 0.4) is 0 Å². The molecular formula is C48H37NO2. The molecule has 0 radical (unpaired) electrons. The number of nitrogens with zero attached hydrogens (tertiary/aromatic N) is 1. The zero-order valence-electron chi connectivity index (χ0n) is 28.8. The number of benzene rings is 7. The second-order valence-corrected chi connectivity index (χ2v) is 13.3. The van der Waals surface area contributed by atoms with Crippen molar-refractivity contribution < 1.29 is 9.47 Å². The zero-order valence-corrected chi connectivity index (χ0v) is 28.8. The minimum atomic E-state index is -0.345. The van der Waals surface area contributed by atoms with Gasteiger partial charge in [0.05, 0.1) is 5.69 Å². The summed E-state index contributed by atoms with van der Waals surface area (Å²) in [5, 5.41) is 2.47. The molecule has 7 aromatic rings. The first-order valence-corrected chi connectivity index (χ1v) is 17.6. The topological polar surface area (TPSA) is 21.7 Å². The lowest BCUT2D eigenvalue weighted by atomic mass is 9.70. The van der Waals surface area contributed by atoms with E-state index in [1.54, 1.807) is 0 Å². The maximum atomic E-state index is 6.91. The average molecular weight is 660 g/mol. The smallest absolute Gasteiger partial charge is 0.194 e. The van der Waals surface area contributed by atoms with Crippen LogP contribution in [-0.2, 0) is 5.41 Å². The maximum absolute atomic E-state index is 6.91. The van der Waals surface area contributed by atoms with Crippen molar-refractivity contribution in [3.05, 3.63) is 187 Å². The van der Waals surface area contributed by atoms with Crippen LogP contribution in [0.4, 0.5) is 17.1 Å². The summed E-state index contributed by atoms with van der Waals surface area (Å²) in [5.74, 6) is 2.77. The van der Waals surface area contributed by atoms with Crippen molar-refractivity contribution in [2.24, 2.45) is 0 Å². The van der Waals surface area contributed by atoms with Crippen molar-refractivity contribution in [3.63, 3.8) is 0 Å². The summed E-state index contributed by atoms with van der Waals surface area (Å²) in [6.07, 6.45) is 5.10. The Morgan fingerprint density at radius 3 is 2.12 bits per heavy atom. The molecule has 0 amide bonds. The fourth-order valence-corrected chi connectivity index (χ4v) is 8.10. The van der Waals surface area contributed by atoms with Gasteiger partial charge in [0.15, 0.2) is 23.0 Å². The molecule has 0 aromatic heterocycles. The number of ether oxygens (including phenoxy) is 2. The predicted octanol–water partition coefficient (Wildman–Crippen LogP) is 13.7. The highest BCUT2D eigenvalue weighted by atomic mass is 16.6. The Labute approximate surface area is 299 Å². The predicted molar refractivity (Wildman–Crippen MR) is 211 cm³/mol. The molecule has 246 valence electrons. The Kier molecular flexibility index (Phi) is 7.36. The summed E-state index contributed by atoms with van der Waals surface area (Å²) >= 11 is 0. The molecule has 1 unspecified atom stereocenters. The van der Waals surface area contributed by atoms with E-state index in [-0.39, 0.29) is 5.41 Å². The van der Waals surface area contributed by atoms with Crippen LogP contribution >= 0.6 is 0 Å². The SMILES string of the molecule is C=C(/C=C\C)C1(CC)c2ccccc2-c2cc3c(cc21)Oc1cccc(N(c2ccccc2)c2ccc(-c4ccc5ccccc5c4)cc2)c1O3. The van der Waals surface area contributed by atoms with Crippen molar-refractivity contribution in [3.8, 4) is 45.3 Å². The third-order valence-corrected chi connectivity index (χ3v) is 10.5.